The van der Waals surface area contributed by atoms with Crippen LogP contribution in [-0.2, 0) is 10.1 Å². The van der Waals surface area contributed by atoms with Crippen molar-refractivity contribution >= 4 is 33.2 Å². The molecule has 1 saturated heterocycles. The first-order valence-corrected chi connectivity index (χ1v) is 6.98. The van der Waals surface area contributed by atoms with Crippen molar-refractivity contribution in [1.82, 2.24) is 0 Å². The molecule has 1 aliphatic heterocycles. The van der Waals surface area contributed by atoms with Gasteiger partial charge in [0.2, 0.25) is 0 Å². The van der Waals surface area contributed by atoms with Crippen LogP contribution in [0.5, 0.6) is 0 Å². The molecule has 88 valence electrons. The van der Waals surface area contributed by atoms with Gasteiger partial charge < -0.3 is 9.64 Å². The van der Waals surface area contributed by atoms with E-state index in [1.54, 1.807) is 0 Å². The Kier molecular flexibility index (Phi) is 4.50. The number of alkyl halides is 1. The summed E-state index contributed by atoms with van der Waals surface area (Å²) in [7, 11) is 0. The molecule has 4 heteroatoms. The highest BCUT2D eigenvalue weighted by Gasteiger charge is 2.11. The molecule has 16 heavy (non-hydrogen) atoms. The number of anilines is 1. The summed E-state index contributed by atoms with van der Waals surface area (Å²) in [5.41, 5.74) is 2.33. The van der Waals surface area contributed by atoms with Gasteiger partial charge >= 0.3 is 0 Å². The second kappa shape index (κ2) is 5.89. The van der Waals surface area contributed by atoms with E-state index in [1.165, 1.54) is 5.69 Å². The highest BCUT2D eigenvalue weighted by atomic mass is 79.9. The molecule has 1 heterocycles. The van der Waals surface area contributed by atoms with Gasteiger partial charge in [-0.3, -0.25) is 0 Å². The predicted octanol–water partition coefficient (Wildman–Crippen LogP) is 3.46. The van der Waals surface area contributed by atoms with Crippen LogP contribution in [0.25, 0.3) is 0 Å². The van der Waals surface area contributed by atoms with Gasteiger partial charge in [-0.05, 0) is 24.1 Å². The Labute approximate surface area is 110 Å². The molecule has 2 rings (SSSR count). The smallest absolute Gasteiger partial charge is 0.0641 e. The quantitative estimate of drug-likeness (QED) is 0.776. The molecular formula is C12H15BrClNO. The van der Waals surface area contributed by atoms with Crippen molar-refractivity contribution in [2.75, 3.05) is 31.2 Å². The summed E-state index contributed by atoms with van der Waals surface area (Å²) in [6.45, 7) is 3.66. The van der Waals surface area contributed by atoms with Crippen molar-refractivity contribution in [3.63, 3.8) is 0 Å². The van der Waals surface area contributed by atoms with Crippen LogP contribution < -0.4 is 4.90 Å². The SMILES string of the molecule is Clc1cc(N2CCCOCC2)ccc1CBr. The summed E-state index contributed by atoms with van der Waals surface area (Å²) in [5.74, 6) is 0. The lowest BCUT2D eigenvalue weighted by molar-refractivity contribution is 0.152. The van der Waals surface area contributed by atoms with Gasteiger partial charge in [0.05, 0.1) is 6.61 Å². The van der Waals surface area contributed by atoms with Crippen LogP contribution in [0.2, 0.25) is 5.02 Å². The van der Waals surface area contributed by atoms with Crippen LogP contribution in [0.15, 0.2) is 18.2 Å². The normalized spacial score (nSPS) is 17.2. The number of benzene rings is 1. The van der Waals surface area contributed by atoms with Crippen molar-refractivity contribution < 1.29 is 4.74 Å². The standard InChI is InChI=1S/C12H15BrClNO/c13-9-10-2-3-11(8-12(10)14)15-4-1-6-16-7-5-15/h2-3,8H,1,4-7,9H2. The summed E-state index contributed by atoms with van der Waals surface area (Å²) in [5, 5.41) is 1.63. The maximum absolute atomic E-state index is 6.20. The van der Waals surface area contributed by atoms with Crippen molar-refractivity contribution in [2.45, 2.75) is 11.8 Å². The van der Waals surface area contributed by atoms with Gasteiger partial charge in [0.1, 0.15) is 0 Å². The number of nitrogens with zero attached hydrogens (tertiary/aromatic N) is 1. The predicted molar refractivity (Wildman–Crippen MR) is 71.7 cm³/mol. The van der Waals surface area contributed by atoms with E-state index in [0.29, 0.717) is 0 Å². The third-order valence-corrected chi connectivity index (χ3v) is 3.72. The Balaban J connectivity index is 2.16. The summed E-state index contributed by atoms with van der Waals surface area (Å²) in [4.78, 5) is 2.33. The summed E-state index contributed by atoms with van der Waals surface area (Å²) >= 11 is 9.62. The fourth-order valence-corrected chi connectivity index (χ4v) is 2.74. The van der Waals surface area contributed by atoms with Gasteiger partial charge in [0.25, 0.3) is 0 Å². The highest BCUT2D eigenvalue weighted by Crippen LogP contribution is 2.25. The molecule has 1 aromatic rings. The van der Waals surface area contributed by atoms with Crippen molar-refractivity contribution in [1.29, 1.82) is 0 Å². The van der Waals surface area contributed by atoms with Crippen molar-refractivity contribution in [2.24, 2.45) is 0 Å². The Morgan fingerprint density at radius 2 is 2.19 bits per heavy atom. The third-order valence-electron chi connectivity index (χ3n) is 2.77. The van der Waals surface area contributed by atoms with Gasteiger partial charge in [-0.15, -0.1) is 0 Å². The largest absolute Gasteiger partial charge is 0.380 e. The molecule has 1 aromatic carbocycles. The van der Waals surface area contributed by atoms with Gasteiger partial charge in [-0.2, -0.15) is 0 Å². The number of rotatable bonds is 2. The highest BCUT2D eigenvalue weighted by molar-refractivity contribution is 9.08. The lowest BCUT2D eigenvalue weighted by atomic mass is 10.2. The third kappa shape index (κ3) is 2.90. The molecule has 0 amide bonds. The average Bonchev–Trinajstić information content (AvgIpc) is 2.57. The first kappa shape index (κ1) is 12.2. The lowest BCUT2D eigenvalue weighted by Gasteiger charge is -2.22. The Morgan fingerprint density at radius 1 is 1.31 bits per heavy atom. The number of halogens is 2. The molecule has 0 aliphatic carbocycles. The monoisotopic (exact) mass is 303 g/mol. The fourth-order valence-electron chi connectivity index (χ4n) is 1.85. The topological polar surface area (TPSA) is 12.5 Å². The van der Waals surface area contributed by atoms with Crippen molar-refractivity contribution in [3.8, 4) is 0 Å². The molecular weight excluding hydrogens is 289 g/mol. The Bertz CT molecular complexity index is 351. The summed E-state index contributed by atoms with van der Waals surface area (Å²) in [6.07, 6.45) is 1.08. The first-order chi connectivity index (χ1) is 7.81. The average molecular weight is 305 g/mol. The van der Waals surface area contributed by atoms with Crippen molar-refractivity contribution in [3.05, 3.63) is 28.8 Å². The van der Waals surface area contributed by atoms with Crippen LogP contribution in [0.3, 0.4) is 0 Å². The molecule has 1 fully saturated rings. The molecule has 0 radical (unpaired) electrons. The van der Waals surface area contributed by atoms with Gasteiger partial charge in [-0.25, -0.2) is 0 Å². The molecule has 0 bridgehead atoms. The molecule has 0 unspecified atom stereocenters. The fraction of sp³-hybridized carbons (Fsp3) is 0.500. The second-order valence-electron chi connectivity index (χ2n) is 3.86. The molecule has 2 nitrogen and oxygen atoms in total. The molecule has 1 aliphatic rings. The summed E-state index contributed by atoms with van der Waals surface area (Å²) in [6, 6.07) is 6.26. The van der Waals surface area contributed by atoms with Crippen LogP contribution in [0.4, 0.5) is 5.69 Å². The van der Waals surface area contributed by atoms with E-state index in [-0.39, 0.29) is 0 Å². The van der Waals surface area contributed by atoms with Crippen LogP contribution in [0.1, 0.15) is 12.0 Å². The van der Waals surface area contributed by atoms with E-state index in [1.807, 2.05) is 6.07 Å². The zero-order valence-electron chi connectivity index (χ0n) is 9.09. The van der Waals surface area contributed by atoms with Gasteiger partial charge in [0, 0.05) is 35.7 Å². The zero-order valence-corrected chi connectivity index (χ0v) is 11.4. The molecule has 0 spiro atoms. The number of hydrogen-bond acceptors (Lipinski definition) is 2. The molecule has 0 atom stereocenters. The summed E-state index contributed by atoms with van der Waals surface area (Å²) < 4.78 is 5.44. The van der Waals surface area contributed by atoms with Crippen LogP contribution in [0, 0.1) is 0 Å². The maximum atomic E-state index is 6.20. The molecule has 0 aromatic heterocycles. The number of ether oxygens (including phenoxy) is 1. The molecule has 0 N–H and O–H groups in total. The van der Waals surface area contributed by atoms with Crippen LogP contribution in [-0.4, -0.2) is 26.3 Å². The minimum absolute atomic E-state index is 0.801. The van der Waals surface area contributed by atoms with Gasteiger partial charge in [-0.1, -0.05) is 33.6 Å². The van der Waals surface area contributed by atoms with E-state index in [4.69, 9.17) is 16.3 Å². The van der Waals surface area contributed by atoms with E-state index in [2.05, 4.69) is 33.0 Å². The second-order valence-corrected chi connectivity index (χ2v) is 4.83. The minimum Gasteiger partial charge on any atom is -0.380 e. The van der Waals surface area contributed by atoms with Crippen LogP contribution >= 0.6 is 27.5 Å². The van der Waals surface area contributed by atoms with Gasteiger partial charge in [0.15, 0.2) is 0 Å². The van der Waals surface area contributed by atoms with E-state index in [0.717, 1.165) is 48.6 Å². The zero-order chi connectivity index (χ0) is 11.4. The Morgan fingerprint density at radius 3 is 2.94 bits per heavy atom. The Hall–Kier alpha value is -0.250. The van der Waals surface area contributed by atoms with E-state index < -0.39 is 0 Å². The lowest BCUT2D eigenvalue weighted by Crippen LogP contribution is -2.25. The molecule has 0 saturated carbocycles. The number of hydrogen-bond donors (Lipinski definition) is 0. The van der Waals surface area contributed by atoms with E-state index in [9.17, 15) is 0 Å². The minimum atomic E-state index is 0.801. The maximum Gasteiger partial charge on any atom is 0.0641 e. The first-order valence-electron chi connectivity index (χ1n) is 5.48. The van der Waals surface area contributed by atoms with E-state index >= 15 is 0 Å².